The lowest BCUT2D eigenvalue weighted by molar-refractivity contribution is 0.100. The average Bonchev–Trinajstić information content (AvgIpc) is 2.63. The molecule has 2 aromatic rings. The predicted molar refractivity (Wildman–Crippen MR) is 104 cm³/mol. The first kappa shape index (κ1) is 17.6. The number of rotatable bonds is 6. The second-order valence-electron chi connectivity index (χ2n) is 6.12. The van der Waals surface area contributed by atoms with Crippen molar-refractivity contribution in [2.45, 2.75) is 0 Å². The van der Waals surface area contributed by atoms with Crippen LogP contribution in [0.5, 0.6) is 0 Å². The van der Waals surface area contributed by atoms with Crippen molar-refractivity contribution in [3.8, 4) is 0 Å². The predicted octanol–water partition coefficient (Wildman–Crippen LogP) is 2.67. The highest BCUT2D eigenvalue weighted by molar-refractivity contribution is 6.33. The molecule has 3 rings (SSSR count). The molecule has 1 aliphatic heterocycles. The highest BCUT2D eigenvalue weighted by Crippen LogP contribution is 2.26. The number of nitrogens with one attached hydrogen (secondary N) is 1. The van der Waals surface area contributed by atoms with Gasteiger partial charge in [-0.2, -0.15) is 0 Å². The fraction of sp³-hybridized carbons (Fsp3) is 0.316. The van der Waals surface area contributed by atoms with Gasteiger partial charge in [-0.25, -0.2) is 0 Å². The number of anilines is 2. The van der Waals surface area contributed by atoms with E-state index < -0.39 is 5.91 Å². The second-order valence-corrected chi connectivity index (χ2v) is 6.52. The molecule has 3 N–H and O–H groups in total. The molecule has 0 saturated carbocycles. The van der Waals surface area contributed by atoms with Crippen molar-refractivity contribution in [1.29, 1.82) is 0 Å². The smallest absolute Gasteiger partial charge is 0.250 e. The largest absolute Gasteiger partial charge is 0.383 e. The summed E-state index contributed by atoms with van der Waals surface area (Å²) in [5.41, 5.74) is 7.84. The van der Waals surface area contributed by atoms with Crippen LogP contribution in [0, 0.1) is 0 Å². The molecule has 1 aliphatic rings. The molecule has 1 amide bonds. The Labute approximate surface area is 153 Å². The monoisotopic (exact) mass is 358 g/mol. The lowest BCUT2D eigenvalue weighted by atomic mass is 10.1. The van der Waals surface area contributed by atoms with Gasteiger partial charge < -0.3 is 16.0 Å². The third kappa shape index (κ3) is 4.44. The van der Waals surface area contributed by atoms with Crippen LogP contribution in [0.25, 0.3) is 0 Å². The van der Waals surface area contributed by atoms with Crippen LogP contribution < -0.4 is 16.0 Å². The Kier molecular flexibility index (Phi) is 5.79. The zero-order valence-corrected chi connectivity index (χ0v) is 14.9. The summed E-state index contributed by atoms with van der Waals surface area (Å²) in [4.78, 5) is 16.2. The molecule has 0 aliphatic carbocycles. The molecule has 1 saturated heterocycles. The maximum Gasteiger partial charge on any atom is 0.250 e. The molecule has 1 fully saturated rings. The fourth-order valence-electron chi connectivity index (χ4n) is 3.12. The van der Waals surface area contributed by atoms with Crippen LogP contribution in [0.4, 0.5) is 11.4 Å². The Bertz CT molecular complexity index is 729. The summed E-state index contributed by atoms with van der Waals surface area (Å²) in [6, 6.07) is 15.3. The standard InChI is InChI=1S/C19H23ClN4O/c20-16-6-2-4-8-18(16)24-13-11-23(12-14-24)10-9-22-17-7-3-1-5-15(17)19(21)25/h1-8,22H,9-14H2,(H2,21,25). The Morgan fingerprint density at radius 2 is 1.72 bits per heavy atom. The van der Waals surface area contributed by atoms with Gasteiger partial charge in [-0.05, 0) is 24.3 Å². The minimum absolute atomic E-state index is 0.406. The van der Waals surface area contributed by atoms with E-state index in [9.17, 15) is 4.79 Å². The van der Waals surface area contributed by atoms with Gasteiger partial charge in [-0.1, -0.05) is 35.9 Å². The lowest BCUT2D eigenvalue weighted by Gasteiger charge is -2.36. The summed E-state index contributed by atoms with van der Waals surface area (Å²) in [5.74, 6) is -0.406. The van der Waals surface area contributed by atoms with Crippen molar-refractivity contribution in [1.82, 2.24) is 4.90 Å². The van der Waals surface area contributed by atoms with E-state index in [1.165, 1.54) is 0 Å². The van der Waals surface area contributed by atoms with E-state index in [2.05, 4.69) is 21.2 Å². The highest BCUT2D eigenvalue weighted by atomic mass is 35.5. The molecule has 5 nitrogen and oxygen atoms in total. The quantitative estimate of drug-likeness (QED) is 0.833. The number of hydrogen-bond acceptors (Lipinski definition) is 4. The number of nitrogens with zero attached hydrogens (tertiary/aromatic N) is 2. The molecule has 25 heavy (non-hydrogen) atoms. The van der Waals surface area contributed by atoms with Crippen LogP contribution in [0.15, 0.2) is 48.5 Å². The Morgan fingerprint density at radius 1 is 1.04 bits per heavy atom. The number of benzene rings is 2. The van der Waals surface area contributed by atoms with Crippen molar-refractivity contribution in [3.05, 3.63) is 59.1 Å². The number of primary amides is 1. The van der Waals surface area contributed by atoms with Gasteiger partial charge >= 0.3 is 0 Å². The van der Waals surface area contributed by atoms with E-state index in [0.29, 0.717) is 5.56 Å². The van der Waals surface area contributed by atoms with Crippen LogP contribution in [-0.4, -0.2) is 50.1 Å². The van der Waals surface area contributed by atoms with E-state index in [1.54, 1.807) is 6.07 Å². The number of piperazine rings is 1. The van der Waals surface area contributed by atoms with Gasteiger partial charge in [0.25, 0.3) is 5.91 Å². The van der Waals surface area contributed by atoms with Gasteiger partial charge in [0, 0.05) is 45.0 Å². The second kappa shape index (κ2) is 8.23. The first-order valence-electron chi connectivity index (χ1n) is 8.49. The molecule has 132 valence electrons. The Morgan fingerprint density at radius 3 is 2.44 bits per heavy atom. The molecule has 0 unspecified atom stereocenters. The van der Waals surface area contributed by atoms with Crippen LogP contribution in [0.1, 0.15) is 10.4 Å². The molecular weight excluding hydrogens is 336 g/mol. The molecule has 0 spiro atoms. The summed E-state index contributed by atoms with van der Waals surface area (Å²) in [5, 5.41) is 4.12. The van der Waals surface area contributed by atoms with Crippen molar-refractivity contribution < 1.29 is 4.79 Å². The van der Waals surface area contributed by atoms with Crippen LogP contribution >= 0.6 is 11.6 Å². The number of hydrogen-bond donors (Lipinski definition) is 2. The third-order valence-corrected chi connectivity index (χ3v) is 4.82. The van der Waals surface area contributed by atoms with E-state index in [4.69, 9.17) is 17.3 Å². The van der Waals surface area contributed by atoms with Crippen LogP contribution in [0.2, 0.25) is 5.02 Å². The molecule has 0 radical (unpaired) electrons. The van der Waals surface area contributed by atoms with Gasteiger partial charge in [0.05, 0.1) is 16.3 Å². The number of amides is 1. The van der Waals surface area contributed by atoms with Crippen molar-refractivity contribution >= 4 is 28.9 Å². The fourth-order valence-corrected chi connectivity index (χ4v) is 3.38. The lowest BCUT2D eigenvalue weighted by Crippen LogP contribution is -2.47. The number of nitrogens with two attached hydrogens (primary N) is 1. The van der Waals surface area contributed by atoms with E-state index in [-0.39, 0.29) is 0 Å². The molecular formula is C19H23ClN4O. The average molecular weight is 359 g/mol. The van der Waals surface area contributed by atoms with E-state index >= 15 is 0 Å². The number of para-hydroxylation sites is 2. The van der Waals surface area contributed by atoms with Gasteiger partial charge in [-0.3, -0.25) is 9.69 Å². The normalized spacial score (nSPS) is 15.2. The van der Waals surface area contributed by atoms with Crippen molar-refractivity contribution in [2.75, 3.05) is 49.5 Å². The Balaban J connectivity index is 1.47. The summed E-state index contributed by atoms with van der Waals surface area (Å²) < 4.78 is 0. The number of halogens is 1. The topological polar surface area (TPSA) is 61.6 Å². The highest BCUT2D eigenvalue weighted by Gasteiger charge is 2.18. The SMILES string of the molecule is NC(=O)c1ccccc1NCCN1CCN(c2ccccc2Cl)CC1. The van der Waals surface area contributed by atoms with E-state index in [1.807, 2.05) is 36.4 Å². The minimum Gasteiger partial charge on any atom is -0.383 e. The van der Waals surface area contributed by atoms with Crippen molar-refractivity contribution in [2.24, 2.45) is 5.73 Å². The van der Waals surface area contributed by atoms with Gasteiger partial charge in [0.1, 0.15) is 0 Å². The van der Waals surface area contributed by atoms with Gasteiger partial charge in [-0.15, -0.1) is 0 Å². The maximum atomic E-state index is 11.4. The van der Waals surface area contributed by atoms with Crippen molar-refractivity contribution in [3.63, 3.8) is 0 Å². The van der Waals surface area contributed by atoms with Crippen LogP contribution in [0.3, 0.4) is 0 Å². The molecule has 1 heterocycles. The van der Waals surface area contributed by atoms with E-state index in [0.717, 1.165) is 55.7 Å². The number of carbonyl (C=O) groups excluding carboxylic acids is 1. The summed E-state index contributed by atoms with van der Waals surface area (Å²) in [6.07, 6.45) is 0. The zero-order valence-electron chi connectivity index (χ0n) is 14.1. The first-order valence-corrected chi connectivity index (χ1v) is 8.87. The Hall–Kier alpha value is -2.24. The first-order chi connectivity index (χ1) is 12.1. The maximum absolute atomic E-state index is 11.4. The summed E-state index contributed by atoms with van der Waals surface area (Å²) in [6.45, 7) is 5.60. The number of carbonyl (C=O) groups is 1. The molecule has 0 aromatic heterocycles. The third-order valence-electron chi connectivity index (χ3n) is 4.50. The summed E-state index contributed by atoms with van der Waals surface area (Å²) in [7, 11) is 0. The zero-order chi connectivity index (χ0) is 17.6. The molecule has 6 heteroatoms. The molecule has 0 bridgehead atoms. The molecule has 0 atom stereocenters. The minimum atomic E-state index is -0.406. The van der Waals surface area contributed by atoms with Gasteiger partial charge in [0.2, 0.25) is 0 Å². The van der Waals surface area contributed by atoms with Gasteiger partial charge in [0.15, 0.2) is 0 Å². The molecule has 2 aromatic carbocycles. The van der Waals surface area contributed by atoms with Crippen LogP contribution in [-0.2, 0) is 0 Å². The summed E-state index contributed by atoms with van der Waals surface area (Å²) >= 11 is 6.28.